The molecule has 1 unspecified atom stereocenters. The summed E-state index contributed by atoms with van der Waals surface area (Å²) < 4.78 is 27.0. The van der Waals surface area contributed by atoms with Gasteiger partial charge in [0, 0.05) is 29.9 Å². The zero-order valence-corrected chi connectivity index (χ0v) is 22.1. The average Bonchev–Trinajstić information content (AvgIpc) is 3.09. The van der Waals surface area contributed by atoms with Crippen LogP contribution in [0.1, 0.15) is 43.5 Å². The van der Waals surface area contributed by atoms with E-state index in [1.54, 1.807) is 48.7 Å². The summed E-state index contributed by atoms with van der Waals surface area (Å²) in [7, 11) is -3.94. The average molecular weight is 538 g/mol. The highest BCUT2D eigenvalue weighted by Gasteiger charge is 2.35. The second-order valence-electron chi connectivity index (χ2n) is 9.71. The number of pyridine rings is 2. The number of hydrogen-bond donors (Lipinski definition) is 2. The van der Waals surface area contributed by atoms with E-state index in [-0.39, 0.29) is 30.5 Å². The van der Waals surface area contributed by atoms with Gasteiger partial charge in [-0.05, 0) is 55.5 Å². The second kappa shape index (κ2) is 11.8. The highest BCUT2D eigenvalue weighted by molar-refractivity contribution is 7.89. The molecule has 10 nitrogen and oxygen atoms in total. The van der Waals surface area contributed by atoms with E-state index < -0.39 is 39.7 Å². The SMILES string of the molecule is CC(C)C[C@H](NC(=O)c1cccc2ncccc12)C(=O)NC1CCCN(S(=O)(=O)c2ccccn2)CC1=O. The Morgan fingerprint density at radius 1 is 1.05 bits per heavy atom. The van der Waals surface area contributed by atoms with Gasteiger partial charge in [0.25, 0.3) is 15.9 Å². The van der Waals surface area contributed by atoms with Crippen LogP contribution in [0.4, 0.5) is 0 Å². The molecule has 2 amide bonds. The lowest BCUT2D eigenvalue weighted by Crippen LogP contribution is -2.52. The molecule has 1 aliphatic heterocycles. The zero-order chi connectivity index (χ0) is 27.3. The highest BCUT2D eigenvalue weighted by Crippen LogP contribution is 2.19. The van der Waals surface area contributed by atoms with E-state index in [9.17, 15) is 22.8 Å². The lowest BCUT2D eigenvalue weighted by Gasteiger charge is -2.24. The lowest BCUT2D eigenvalue weighted by atomic mass is 10.0. The van der Waals surface area contributed by atoms with Gasteiger partial charge >= 0.3 is 0 Å². The first kappa shape index (κ1) is 27.3. The van der Waals surface area contributed by atoms with Crippen LogP contribution < -0.4 is 10.6 Å². The van der Waals surface area contributed by atoms with Crippen molar-refractivity contribution in [2.45, 2.75) is 50.2 Å². The van der Waals surface area contributed by atoms with Crippen LogP contribution in [0.25, 0.3) is 10.9 Å². The highest BCUT2D eigenvalue weighted by atomic mass is 32.2. The molecule has 200 valence electrons. The van der Waals surface area contributed by atoms with Gasteiger partial charge in [-0.2, -0.15) is 4.31 Å². The molecule has 2 N–H and O–H groups in total. The quantitative estimate of drug-likeness (QED) is 0.450. The maximum atomic E-state index is 13.3. The zero-order valence-electron chi connectivity index (χ0n) is 21.3. The maximum absolute atomic E-state index is 13.3. The lowest BCUT2D eigenvalue weighted by molar-refractivity contribution is -0.129. The van der Waals surface area contributed by atoms with Gasteiger partial charge in [0.15, 0.2) is 10.8 Å². The molecule has 1 fully saturated rings. The summed E-state index contributed by atoms with van der Waals surface area (Å²) >= 11 is 0. The third-order valence-electron chi connectivity index (χ3n) is 6.40. The van der Waals surface area contributed by atoms with Crippen molar-refractivity contribution in [2.24, 2.45) is 5.92 Å². The van der Waals surface area contributed by atoms with Gasteiger partial charge < -0.3 is 10.6 Å². The molecule has 1 aromatic carbocycles. The molecule has 0 radical (unpaired) electrons. The molecule has 0 aliphatic carbocycles. The molecular formula is C27H31N5O5S. The number of aromatic nitrogens is 2. The molecule has 0 bridgehead atoms. The van der Waals surface area contributed by atoms with Gasteiger partial charge in [-0.1, -0.05) is 32.0 Å². The summed E-state index contributed by atoms with van der Waals surface area (Å²) in [6.45, 7) is 3.64. The molecule has 0 spiro atoms. The Bertz CT molecular complexity index is 1420. The van der Waals surface area contributed by atoms with E-state index in [1.807, 2.05) is 13.8 Å². The van der Waals surface area contributed by atoms with Crippen LogP contribution >= 0.6 is 0 Å². The van der Waals surface area contributed by atoms with Crippen LogP contribution in [-0.4, -0.2) is 65.5 Å². The smallest absolute Gasteiger partial charge is 0.260 e. The van der Waals surface area contributed by atoms with Gasteiger partial charge in [0.2, 0.25) is 5.91 Å². The Morgan fingerprint density at radius 2 is 1.84 bits per heavy atom. The summed E-state index contributed by atoms with van der Waals surface area (Å²) in [5, 5.41) is 6.14. The number of amides is 2. The number of sulfonamides is 1. The third kappa shape index (κ3) is 6.22. The molecule has 3 heterocycles. The van der Waals surface area contributed by atoms with Crippen LogP contribution in [0.2, 0.25) is 0 Å². The molecule has 1 saturated heterocycles. The summed E-state index contributed by atoms with van der Waals surface area (Å²) in [6, 6.07) is 11.6. The Morgan fingerprint density at radius 3 is 2.58 bits per heavy atom. The minimum absolute atomic E-state index is 0.0871. The molecule has 4 rings (SSSR count). The number of nitrogens with one attached hydrogen (secondary N) is 2. The van der Waals surface area contributed by atoms with Crippen LogP contribution in [-0.2, 0) is 19.6 Å². The van der Waals surface area contributed by atoms with Crippen LogP contribution in [0, 0.1) is 5.92 Å². The molecule has 38 heavy (non-hydrogen) atoms. The minimum atomic E-state index is -3.94. The fourth-order valence-electron chi connectivity index (χ4n) is 4.50. The fourth-order valence-corrected chi connectivity index (χ4v) is 5.87. The Balaban J connectivity index is 1.47. The second-order valence-corrected chi connectivity index (χ2v) is 11.6. The van der Waals surface area contributed by atoms with Crippen molar-refractivity contribution in [1.82, 2.24) is 24.9 Å². The number of Topliss-reactive ketones (excluding diaryl/α,β-unsaturated/α-hetero) is 1. The van der Waals surface area contributed by atoms with Gasteiger partial charge in [-0.15, -0.1) is 0 Å². The van der Waals surface area contributed by atoms with Crippen molar-refractivity contribution in [2.75, 3.05) is 13.1 Å². The van der Waals surface area contributed by atoms with Crippen LogP contribution in [0.15, 0.2) is 66.0 Å². The summed E-state index contributed by atoms with van der Waals surface area (Å²) in [6.07, 6.45) is 4.06. The summed E-state index contributed by atoms with van der Waals surface area (Å²) in [5.41, 5.74) is 1.07. The third-order valence-corrected chi connectivity index (χ3v) is 8.16. The molecule has 0 saturated carbocycles. The summed E-state index contributed by atoms with van der Waals surface area (Å²) in [5.74, 6) is -1.22. The van der Waals surface area contributed by atoms with Gasteiger partial charge in [-0.25, -0.2) is 13.4 Å². The monoisotopic (exact) mass is 537 g/mol. The first-order valence-electron chi connectivity index (χ1n) is 12.6. The Kier molecular flexibility index (Phi) is 8.48. The van der Waals surface area contributed by atoms with Gasteiger partial charge in [0.05, 0.1) is 18.1 Å². The van der Waals surface area contributed by atoms with E-state index >= 15 is 0 Å². The van der Waals surface area contributed by atoms with Gasteiger partial charge in [0.1, 0.15) is 6.04 Å². The number of carbonyl (C=O) groups excluding carboxylic acids is 3. The number of ketones is 1. The van der Waals surface area contributed by atoms with Crippen molar-refractivity contribution in [3.63, 3.8) is 0 Å². The predicted molar refractivity (Wildman–Crippen MR) is 142 cm³/mol. The topological polar surface area (TPSA) is 138 Å². The number of benzene rings is 1. The number of hydrogen-bond acceptors (Lipinski definition) is 7. The molecule has 2 aromatic heterocycles. The molecular weight excluding hydrogens is 506 g/mol. The van der Waals surface area contributed by atoms with Crippen LogP contribution in [0.5, 0.6) is 0 Å². The van der Waals surface area contributed by atoms with Crippen molar-refractivity contribution in [3.05, 3.63) is 66.5 Å². The standard InChI is InChI=1S/C27H31N5O5S/c1-18(2)16-23(31-26(34)20-8-5-10-21-19(20)9-6-14-28-21)27(35)30-22-11-7-15-32(17-24(22)33)38(36,37)25-12-3-4-13-29-25/h3-6,8-10,12-14,18,22-23H,7,11,15-17H2,1-2H3,(H,30,35)(H,31,34)/t22?,23-/m0/s1. The number of fused-ring (bicyclic) bond motifs is 1. The first-order valence-corrected chi connectivity index (χ1v) is 14.0. The minimum Gasteiger partial charge on any atom is -0.344 e. The van der Waals surface area contributed by atoms with E-state index in [0.717, 1.165) is 4.31 Å². The maximum Gasteiger partial charge on any atom is 0.260 e. The van der Waals surface area contributed by atoms with Crippen molar-refractivity contribution in [3.8, 4) is 0 Å². The van der Waals surface area contributed by atoms with E-state index in [0.29, 0.717) is 29.3 Å². The number of carbonyl (C=O) groups is 3. The summed E-state index contributed by atoms with van der Waals surface area (Å²) in [4.78, 5) is 47.7. The molecule has 3 aromatic rings. The van der Waals surface area contributed by atoms with Gasteiger partial charge in [-0.3, -0.25) is 19.4 Å². The van der Waals surface area contributed by atoms with E-state index in [4.69, 9.17) is 0 Å². The van der Waals surface area contributed by atoms with E-state index in [1.165, 1.54) is 12.3 Å². The largest absolute Gasteiger partial charge is 0.344 e. The first-order chi connectivity index (χ1) is 18.2. The molecule has 2 atom stereocenters. The number of rotatable bonds is 8. The number of nitrogens with zero attached hydrogens (tertiary/aromatic N) is 3. The van der Waals surface area contributed by atoms with E-state index in [2.05, 4.69) is 20.6 Å². The normalized spacial score (nSPS) is 17.7. The predicted octanol–water partition coefficient (Wildman–Crippen LogP) is 2.31. The fraction of sp³-hybridized carbons (Fsp3) is 0.370. The Labute approximate surface area is 221 Å². The Hall–Kier alpha value is -3.70. The van der Waals surface area contributed by atoms with Crippen molar-refractivity contribution >= 4 is 38.5 Å². The molecule has 1 aliphatic rings. The van der Waals surface area contributed by atoms with Crippen molar-refractivity contribution < 1.29 is 22.8 Å². The van der Waals surface area contributed by atoms with Crippen LogP contribution in [0.3, 0.4) is 0 Å². The van der Waals surface area contributed by atoms with Crippen molar-refractivity contribution in [1.29, 1.82) is 0 Å². The molecule has 11 heteroatoms.